The molecule has 0 fully saturated rings. The van der Waals surface area contributed by atoms with Gasteiger partial charge < -0.3 is 36.2 Å². The van der Waals surface area contributed by atoms with Crippen LogP contribution < -0.4 is 10.6 Å². The fourth-order valence-electron chi connectivity index (χ4n) is 6.42. The molecule has 0 spiro atoms. The van der Waals surface area contributed by atoms with Gasteiger partial charge in [-0.05, 0) is 87.1 Å². The molecule has 7 N–H and O–H groups in total. The summed E-state index contributed by atoms with van der Waals surface area (Å²) < 4.78 is 0. The first kappa shape index (κ1) is 40.7. The highest BCUT2D eigenvalue weighted by molar-refractivity contribution is 5.66. The molecule has 6 atom stereocenters. The summed E-state index contributed by atoms with van der Waals surface area (Å²) in [5, 5.41) is 59.0. The van der Waals surface area contributed by atoms with E-state index in [0.29, 0.717) is 32.1 Å². The maximum absolute atomic E-state index is 11.3. The lowest BCUT2D eigenvalue weighted by atomic mass is 9.86. The molecule has 2 rings (SSSR count). The number of nitrogens with one attached hydrogen (secondary N) is 2. The maximum Gasteiger partial charge on any atom is 0.303 e. The molecule has 1 heterocycles. The molecule has 47 heavy (non-hydrogen) atoms. The van der Waals surface area contributed by atoms with Crippen LogP contribution in [0.1, 0.15) is 121 Å². The molecule has 8 nitrogen and oxygen atoms in total. The van der Waals surface area contributed by atoms with Crippen LogP contribution in [0, 0.1) is 11.8 Å². The Morgan fingerprint density at radius 2 is 1.87 bits per heavy atom. The molecule has 0 saturated heterocycles. The van der Waals surface area contributed by atoms with Crippen LogP contribution in [0.15, 0.2) is 41.5 Å². The zero-order chi connectivity index (χ0) is 34.6. The first-order valence-corrected chi connectivity index (χ1v) is 18.0. The molecule has 0 radical (unpaired) electrons. The Morgan fingerprint density at radius 3 is 2.53 bits per heavy atom. The Hall–Kier alpha value is -2.51. The molecular formula is C39H62N2O6. The van der Waals surface area contributed by atoms with Crippen molar-refractivity contribution in [3.63, 3.8) is 0 Å². The van der Waals surface area contributed by atoms with Crippen LogP contribution in [-0.2, 0) is 17.6 Å². The van der Waals surface area contributed by atoms with E-state index in [4.69, 9.17) is 0 Å². The van der Waals surface area contributed by atoms with Gasteiger partial charge in [0.2, 0.25) is 0 Å². The van der Waals surface area contributed by atoms with Gasteiger partial charge in [0.1, 0.15) is 0 Å². The number of aliphatic hydroxyl groups excluding tert-OH is 4. The first-order valence-electron chi connectivity index (χ1n) is 18.0. The second kappa shape index (κ2) is 23.0. The quantitative estimate of drug-likeness (QED) is 0.0752. The van der Waals surface area contributed by atoms with Gasteiger partial charge in [-0.25, -0.2) is 0 Å². The van der Waals surface area contributed by atoms with Gasteiger partial charge in [-0.3, -0.25) is 4.79 Å². The third-order valence-electron chi connectivity index (χ3n) is 9.18. The molecule has 1 aromatic carbocycles. The van der Waals surface area contributed by atoms with E-state index in [1.807, 2.05) is 19.1 Å². The molecular weight excluding hydrogens is 592 g/mol. The fourth-order valence-corrected chi connectivity index (χ4v) is 6.42. The second-order valence-electron chi connectivity index (χ2n) is 13.0. The van der Waals surface area contributed by atoms with E-state index in [9.17, 15) is 30.3 Å². The Kier molecular flexibility index (Phi) is 19.9. The Bertz CT molecular complexity index is 1180. The number of benzene rings is 1. The number of hydrogen-bond acceptors (Lipinski definition) is 7. The number of carbonyl (C=O) groups is 1. The van der Waals surface area contributed by atoms with E-state index < -0.39 is 24.3 Å². The zero-order valence-electron chi connectivity index (χ0n) is 29.3. The van der Waals surface area contributed by atoms with E-state index >= 15 is 0 Å². The van der Waals surface area contributed by atoms with Gasteiger partial charge in [-0.2, -0.15) is 0 Å². The lowest BCUT2D eigenvalue weighted by Gasteiger charge is -2.32. The predicted octanol–water partition coefficient (Wildman–Crippen LogP) is 5.19. The largest absolute Gasteiger partial charge is 0.481 e. The number of hydrogen-bond donors (Lipinski definition) is 7. The third kappa shape index (κ3) is 15.1. The molecule has 1 aliphatic heterocycles. The number of carboxylic acid groups (broad SMARTS) is 1. The van der Waals surface area contributed by atoms with Crippen molar-refractivity contribution in [3.05, 3.63) is 58.2 Å². The molecule has 1 aromatic rings. The SMILES string of the molecule is CCCCC[C@H](O)/C=C/C1=C(\C[C@H](O)CO)[C@H](CCC[C@H](CCC(=O)O)NCC)N[C@@H]([C@H](C)O)CC#Cc2c(CC)cccc2CC1. The third-order valence-corrected chi connectivity index (χ3v) is 9.18. The van der Waals surface area contributed by atoms with Crippen LogP contribution in [0.3, 0.4) is 0 Å². The summed E-state index contributed by atoms with van der Waals surface area (Å²) in [6, 6.07) is 5.80. The van der Waals surface area contributed by atoms with Crippen molar-refractivity contribution in [3.8, 4) is 11.8 Å². The highest BCUT2D eigenvalue weighted by atomic mass is 16.4. The minimum Gasteiger partial charge on any atom is -0.481 e. The van der Waals surface area contributed by atoms with Gasteiger partial charge in [-0.1, -0.05) is 88.6 Å². The van der Waals surface area contributed by atoms with E-state index in [-0.39, 0.29) is 37.6 Å². The number of unbranched alkanes of at least 4 members (excludes halogenated alkanes) is 2. The van der Waals surface area contributed by atoms with Crippen molar-refractivity contribution < 1.29 is 30.3 Å². The molecule has 0 aliphatic carbocycles. The Morgan fingerprint density at radius 1 is 1.09 bits per heavy atom. The number of aryl methyl sites for hydroxylation is 2. The number of rotatable bonds is 20. The highest BCUT2D eigenvalue weighted by Crippen LogP contribution is 2.28. The summed E-state index contributed by atoms with van der Waals surface area (Å²) >= 11 is 0. The van der Waals surface area contributed by atoms with Crippen molar-refractivity contribution in [2.24, 2.45) is 0 Å². The number of aliphatic carboxylic acids is 1. The first-order chi connectivity index (χ1) is 22.6. The van der Waals surface area contributed by atoms with Crippen molar-refractivity contribution in [2.75, 3.05) is 13.2 Å². The normalized spacial score (nSPS) is 21.5. The lowest BCUT2D eigenvalue weighted by Crippen LogP contribution is -2.46. The summed E-state index contributed by atoms with van der Waals surface area (Å²) in [6.45, 7) is 8.43. The maximum atomic E-state index is 11.3. The topological polar surface area (TPSA) is 142 Å². The molecule has 0 aromatic heterocycles. The van der Waals surface area contributed by atoms with Crippen molar-refractivity contribution in [2.45, 2.75) is 154 Å². The van der Waals surface area contributed by atoms with Crippen LogP contribution >= 0.6 is 0 Å². The van der Waals surface area contributed by atoms with Gasteiger partial charge in [-0.15, -0.1) is 0 Å². The Balaban J connectivity index is 2.63. The van der Waals surface area contributed by atoms with E-state index in [0.717, 1.165) is 73.8 Å². The molecule has 8 heteroatoms. The van der Waals surface area contributed by atoms with Gasteiger partial charge in [0, 0.05) is 36.5 Å². The standard InChI is InChI=1S/C39H62N2O6/c1-5-8-9-16-33(44)24-22-31-21-20-30-14-10-13-29(6-2)35(30)17-12-18-37(28(4)43)41-38(36(31)26-34(45)27-42)19-11-15-32(40-7-3)23-25-39(46)47/h10,13-14,22,24,28,32-34,37-38,40-45H,5-9,11,15-16,18-21,23,25-27H2,1-4H3,(H,46,47)/b24-22+,36-31+/t28-,32+,33-,34-,37+,38-/m0/s1. The average Bonchev–Trinajstić information content (AvgIpc) is 3.04. The predicted molar refractivity (Wildman–Crippen MR) is 190 cm³/mol. The van der Waals surface area contributed by atoms with Crippen LogP contribution in [-0.4, -0.2) is 81.1 Å². The monoisotopic (exact) mass is 654 g/mol. The summed E-state index contributed by atoms with van der Waals surface area (Å²) in [5.74, 6) is 5.99. The van der Waals surface area contributed by atoms with Gasteiger partial charge in [0.25, 0.3) is 0 Å². The summed E-state index contributed by atoms with van der Waals surface area (Å²) in [5.41, 5.74) is 5.34. The van der Waals surface area contributed by atoms with Crippen LogP contribution in [0.4, 0.5) is 0 Å². The lowest BCUT2D eigenvalue weighted by molar-refractivity contribution is -0.137. The average molecular weight is 655 g/mol. The number of aliphatic hydroxyl groups is 4. The number of fused-ring (bicyclic) bond motifs is 1. The fraction of sp³-hybridized carbons (Fsp3) is 0.667. The van der Waals surface area contributed by atoms with Gasteiger partial charge >= 0.3 is 5.97 Å². The second-order valence-corrected chi connectivity index (χ2v) is 13.0. The Labute approximate surface area is 283 Å². The smallest absolute Gasteiger partial charge is 0.303 e. The van der Waals surface area contributed by atoms with E-state index in [2.05, 4.69) is 54.5 Å². The number of carboxylic acids is 1. The van der Waals surface area contributed by atoms with E-state index in [1.54, 1.807) is 6.92 Å². The summed E-state index contributed by atoms with van der Waals surface area (Å²) in [7, 11) is 0. The van der Waals surface area contributed by atoms with Crippen LogP contribution in [0.25, 0.3) is 0 Å². The molecule has 1 aliphatic rings. The van der Waals surface area contributed by atoms with Crippen LogP contribution in [0.2, 0.25) is 0 Å². The van der Waals surface area contributed by atoms with Crippen molar-refractivity contribution >= 4 is 5.97 Å². The minimum absolute atomic E-state index is 0.0677. The molecule has 0 unspecified atom stereocenters. The molecule has 0 bridgehead atoms. The van der Waals surface area contributed by atoms with Gasteiger partial charge in [0.15, 0.2) is 0 Å². The van der Waals surface area contributed by atoms with Crippen LogP contribution in [0.5, 0.6) is 0 Å². The van der Waals surface area contributed by atoms with Crippen molar-refractivity contribution in [1.82, 2.24) is 10.6 Å². The zero-order valence-corrected chi connectivity index (χ0v) is 29.3. The summed E-state index contributed by atoms with van der Waals surface area (Å²) in [6.07, 6.45) is 11.2. The van der Waals surface area contributed by atoms with Crippen molar-refractivity contribution in [1.29, 1.82) is 0 Å². The highest BCUT2D eigenvalue weighted by Gasteiger charge is 2.26. The van der Waals surface area contributed by atoms with Gasteiger partial charge in [0.05, 0.1) is 24.9 Å². The molecule has 0 saturated carbocycles. The summed E-state index contributed by atoms with van der Waals surface area (Å²) in [4.78, 5) is 11.3. The minimum atomic E-state index is -0.964. The molecule has 264 valence electrons. The number of allylic oxidation sites excluding steroid dienone is 2. The molecule has 0 amide bonds. The van der Waals surface area contributed by atoms with E-state index in [1.165, 1.54) is 5.56 Å².